The zero-order valence-corrected chi connectivity index (χ0v) is 17.5. The average molecular weight is 373 g/mol. The van der Waals surface area contributed by atoms with Gasteiger partial charge in [-0.3, -0.25) is 0 Å². The standard InChI is InChI=1S/C26H32N2/c1-4-7-8-9-10-24-19-25(22-15-11-20(5-2)12-16-22)28(27)26(24)23-17-13-21(6-3)14-18-23/h10-19,27H,4-9H2,1-3H3. The molecule has 0 radical (unpaired) electrons. The van der Waals surface area contributed by atoms with E-state index in [-0.39, 0.29) is 0 Å². The van der Waals surface area contributed by atoms with Gasteiger partial charge >= 0.3 is 0 Å². The summed E-state index contributed by atoms with van der Waals surface area (Å²) >= 11 is 0. The molecule has 0 fully saturated rings. The molecule has 1 N–H and O–H groups in total. The highest BCUT2D eigenvalue weighted by molar-refractivity contribution is 6.14. The van der Waals surface area contributed by atoms with Crippen LogP contribution in [0.2, 0.25) is 0 Å². The van der Waals surface area contributed by atoms with Crippen LogP contribution in [-0.4, -0.2) is 10.4 Å². The fourth-order valence-corrected chi connectivity index (χ4v) is 3.65. The van der Waals surface area contributed by atoms with Crippen LogP contribution in [0.15, 0.2) is 66.3 Å². The molecule has 2 heteroatoms. The molecule has 2 aromatic carbocycles. The zero-order chi connectivity index (χ0) is 19.9. The maximum Gasteiger partial charge on any atom is 0.215 e. The largest absolute Gasteiger partial charge is 0.448 e. The number of unbranched alkanes of at least 4 members (excludes halogenated alkanes) is 3. The van der Waals surface area contributed by atoms with Crippen LogP contribution < -0.4 is 0 Å². The van der Waals surface area contributed by atoms with Gasteiger partial charge in [0.2, 0.25) is 11.4 Å². The van der Waals surface area contributed by atoms with Crippen molar-refractivity contribution in [1.82, 2.24) is 0 Å². The summed E-state index contributed by atoms with van der Waals surface area (Å²) in [6.07, 6.45) is 11.3. The van der Waals surface area contributed by atoms with Gasteiger partial charge in [-0.1, -0.05) is 64.0 Å². The van der Waals surface area contributed by atoms with Gasteiger partial charge < -0.3 is 5.84 Å². The minimum atomic E-state index is 0.957. The summed E-state index contributed by atoms with van der Waals surface area (Å²) in [4.78, 5) is 0. The molecule has 0 aromatic heterocycles. The second-order valence-corrected chi connectivity index (χ2v) is 7.47. The van der Waals surface area contributed by atoms with Crippen molar-refractivity contribution in [2.45, 2.75) is 59.3 Å². The van der Waals surface area contributed by atoms with Gasteiger partial charge in [0.1, 0.15) is 0 Å². The summed E-state index contributed by atoms with van der Waals surface area (Å²) in [6.45, 7) is 6.58. The first-order valence-electron chi connectivity index (χ1n) is 10.7. The number of hydrogen-bond donors (Lipinski definition) is 0. The van der Waals surface area contributed by atoms with Crippen LogP contribution in [0.1, 0.15) is 68.7 Å². The number of aryl methyl sites for hydroxylation is 2. The van der Waals surface area contributed by atoms with Crippen LogP contribution in [0.5, 0.6) is 0 Å². The smallest absolute Gasteiger partial charge is 0.215 e. The van der Waals surface area contributed by atoms with E-state index in [2.05, 4.69) is 81.5 Å². The first-order chi connectivity index (χ1) is 13.7. The molecule has 1 aliphatic rings. The van der Waals surface area contributed by atoms with E-state index in [4.69, 9.17) is 5.84 Å². The van der Waals surface area contributed by atoms with Gasteiger partial charge in [0, 0.05) is 22.8 Å². The summed E-state index contributed by atoms with van der Waals surface area (Å²) in [5.74, 6) is 8.85. The Morgan fingerprint density at radius 3 is 1.89 bits per heavy atom. The maximum absolute atomic E-state index is 8.85. The highest BCUT2D eigenvalue weighted by atomic mass is 15.3. The Morgan fingerprint density at radius 2 is 1.36 bits per heavy atom. The number of benzene rings is 2. The molecule has 2 nitrogen and oxygen atoms in total. The lowest BCUT2D eigenvalue weighted by molar-refractivity contribution is -0.347. The molecule has 1 aliphatic heterocycles. The molecule has 0 unspecified atom stereocenters. The third kappa shape index (κ3) is 4.44. The summed E-state index contributed by atoms with van der Waals surface area (Å²) < 4.78 is 1.62. The Kier molecular flexibility index (Phi) is 6.86. The van der Waals surface area contributed by atoms with Crippen LogP contribution >= 0.6 is 0 Å². The van der Waals surface area contributed by atoms with Crippen molar-refractivity contribution < 1.29 is 4.68 Å². The molecule has 1 heterocycles. The van der Waals surface area contributed by atoms with Crippen molar-refractivity contribution in [1.29, 1.82) is 0 Å². The highest BCUT2D eigenvalue weighted by Crippen LogP contribution is 2.29. The van der Waals surface area contributed by atoms with E-state index in [1.165, 1.54) is 36.0 Å². The van der Waals surface area contributed by atoms with E-state index >= 15 is 0 Å². The van der Waals surface area contributed by atoms with E-state index in [1.54, 1.807) is 4.68 Å². The van der Waals surface area contributed by atoms with Gasteiger partial charge in [-0.25, -0.2) is 4.68 Å². The second-order valence-electron chi connectivity index (χ2n) is 7.47. The van der Waals surface area contributed by atoms with E-state index in [0.717, 1.165) is 41.8 Å². The maximum atomic E-state index is 8.85. The summed E-state index contributed by atoms with van der Waals surface area (Å²) in [7, 11) is 0. The number of nitrogens with one attached hydrogen (secondary N) is 1. The molecule has 0 spiro atoms. The summed E-state index contributed by atoms with van der Waals surface area (Å²) in [5, 5.41) is 0. The lowest BCUT2D eigenvalue weighted by Crippen LogP contribution is -2.11. The monoisotopic (exact) mass is 372 g/mol. The van der Waals surface area contributed by atoms with Crippen LogP contribution in [0.4, 0.5) is 0 Å². The minimum Gasteiger partial charge on any atom is -0.448 e. The predicted octanol–water partition coefficient (Wildman–Crippen LogP) is 7.14. The number of rotatable bonds is 8. The Hall–Kier alpha value is -2.61. The van der Waals surface area contributed by atoms with Gasteiger partial charge in [0.15, 0.2) is 0 Å². The van der Waals surface area contributed by atoms with E-state index in [1.807, 2.05) is 0 Å². The quantitative estimate of drug-likeness (QED) is 0.348. The topological polar surface area (TPSA) is 26.8 Å². The summed E-state index contributed by atoms with van der Waals surface area (Å²) in [6, 6.07) is 17.3. The van der Waals surface area contributed by atoms with Crippen molar-refractivity contribution in [2.24, 2.45) is 0 Å². The van der Waals surface area contributed by atoms with E-state index in [0.29, 0.717) is 0 Å². The molecule has 2 aromatic rings. The van der Waals surface area contributed by atoms with Crippen LogP contribution in [-0.2, 0) is 12.8 Å². The predicted molar refractivity (Wildman–Crippen MR) is 121 cm³/mol. The Balaban J connectivity index is 1.99. The molecular weight excluding hydrogens is 340 g/mol. The minimum absolute atomic E-state index is 0.957. The number of nitrogens with zero attached hydrogens (tertiary/aromatic N) is 1. The fraction of sp³-hybridized carbons (Fsp3) is 0.346. The molecule has 3 rings (SSSR count). The van der Waals surface area contributed by atoms with E-state index in [9.17, 15) is 0 Å². The second kappa shape index (κ2) is 9.54. The number of allylic oxidation sites excluding steroid dienone is 3. The number of hydrogen-bond acceptors (Lipinski definition) is 0. The third-order valence-electron chi connectivity index (χ3n) is 5.50. The van der Waals surface area contributed by atoms with Crippen LogP contribution in [0.3, 0.4) is 0 Å². The first kappa shape index (κ1) is 20.1. The molecule has 0 saturated carbocycles. The fourth-order valence-electron chi connectivity index (χ4n) is 3.65. The molecule has 0 aliphatic carbocycles. The third-order valence-corrected chi connectivity index (χ3v) is 5.50. The normalized spacial score (nSPS) is 15.4. The van der Waals surface area contributed by atoms with Crippen LogP contribution in [0, 0.1) is 0 Å². The molecule has 0 amide bonds. The molecule has 28 heavy (non-hydrogen) atoms. The SMILES string of the molecule is CCCCCC=C1C=C(c2ccc(CC)cc2)[N+]([NH-])=C1c1ccc(CC)cc1. The van der Waals surface area contributed by atoms with Gasteiger partial charge in [-0.15, -0.1) is 0 Å². The van der Waals surface area contributed by atoms with E-state index < -0.39 is 0 Å². The van der Waals surface area contributed by atoms with Crippen molar-refractivity contribution in [3.8, 4) is 0 Å². The van der Waals surface area contributed by atoms with Gasteiger partial charge in [-0.2, -0.15) is 0 Å². The average Bonchev–Trinajstić information content (AvgIpc) is 3.07. The molecule has 0 bridgehead atoms. The summed E-state index contributed by atoms with van der Waals surface area (Å²) in [5.41, 5.74) is 8.00. The molecular formula is C26H32N2. The van der Waals surface area contributed by atoms with Crippen molar-refractivity contribution in [3.05, 3.63) is 94.4 Å². The lowest BCUT2D eigenvalue weighted by atomic mass is 9.99. The Bertz CT molecular complexity index is 881. The molecule has 0 saturated heterocycles. The van der Waals surface area contributed by atoms with Crippen LogP contribution in [0.25, 0.3) is 11.5 Å². The Morgan fingerprint density at radius 1 is 0.786 bits per heavy atom. The van der Waals surface area contributed by atoms with Crippen molar-refractivity contribution >= 4 is 11.4 Å². The van der Waals surface area contributed by atoms with Gasteiger partial charge in [0.25, 0.3) is 0 Å². The zero-order valence-electron chi connectivity index (χ0n) is 17.5. The molecule has 146 valence electrons. The first-order valence-corrected chi connectivity index (χ1v) is 10.7. The highest BCUT2D eigenvalue weighted by Gasteiger charge is 2.27. The molecule has 0 atom stereocenters. The van der Waals surface area contributed by atoms with Gasteiger partial charge in [-0.05, 0) is 61.1 Å². The Labute approximate surface area is 170 Å². The lowest BCUT2D eigenvalue weighted by Gasteiger charge is -2.09. The van der Waals surface area contributed by atoms with Gasteiger partial charge in [0.05, 0.1) is 0 Å². The van der Waals surface area contributed by atoms with Crippen molar-refractivity contribution in [2.75, 3.05) is 0 Å². The van der Waals surface area contributed by atoms with Crippen molar-refractivity contribution in [3.63, 3.8) is 0 Å².